The van der Waals surface area contributed by atoms with E-state index in [9.17, 15) is 9.18 Å². The number of benzene rings is 2. The number of methoxy groups -OCH3 is 1. The van der Waals surface area contributed by atoms with E-state index < -0.39 is 17.8 Å². The van der Waals surface area contributed by atoms with Crippen LogP contribution in [0, 0.1) is 5.82 Å². The normalized spacial score (nSPS) is 11.8. The molecule has 0 spiro atoms. The molecule has 0 aliphatic heterocycles. The Kier molecular flexibility index (Phi) is 5.71. The Morgan fingerprint density at radius 2 is 1.96 bits per heavy atom. The standard InChI is InChI=1S/C18H20FNO3/c1-3-23-18(21)11-17(20)15-10-13(7-8-16(15)19)12-5-4-6-14(9-12)22-2/h4-10,17H,3,11,20H2,1-2H3. The van der Waals surface area contributed by atoms with E-state index in [0.29, 0.717) is 11.3 Å². The summed E-state index contributed by atoms with van der Waals surface area (Å²) in [5.74, 6) is -0.163. The summed E-state index contributed by atoms with van der Waals surface area (Å²) in [5, 5.41) is 0. The summed E-state index contributed by atoms with van der Waals surface area (Å²) in [5.41, 5.74) is 7.94. The Labute approximate surface area is 135 Å². The van der Waals surface area contributed by atoms with Gasteiger partial charge in [0, 0.05) is 11.6 Å². The number of hydrogen-bond donors (Lipinski definition) is 1. The van der Waals surface area contributed by atoms with Gasteiger partial charge in [-0.05, 0) is 42.3 Å². The van der Waals surface area contributed by atoms with Gasteiger partial charge in [-0.25, -0.2) is 4.39 Å². The highest BCUT2D eigenvalue weighted by Gasteiger charge is 2.17. The highest BCUT2D eigenvalue weighted by Crippen LogP contribution is 2.28. The summed E-state index contributed by atoms with van der Waals surface area (Å²) in [6.07, 6.45) is -0.0632. The summed E-state index contributed by atoms with van der Waals surface area (Å²) in [6, 6.07) is 11.4. The lowest BCUT2D eigenvalue weighted by atomic mass is 9.97. The van der Waals surface area contributed by atoms with Gasteiger partial charge in [-0.1, -0.05) is 18.2 Å². The number of esters is 1. The van der Waals surface area contributed by atoms with Gasteiger partial charge < -0.3 is 15.2 Å². The molecule has 23 heavy (non-hydrogen) atoms. The molecule has 2 aromatic carbocycles. The molecular weight excluding hydrogens is 297 g/mol. The van der Waals surface area contributed by atoms with Crippen LogP contribution in [0.4, 0.5) is 4.39 Å². The van der Waals surface area contributed by atoms with Crippen LogP contribution in [0.25, 0.3) is 11.1 Å². The van der Waals surface area contributed by atoms with E-state index in [1.807, 2.05) is 24.3 Å². The van der Waals surface area contributed by atoms with Crippen molar-refractivity contribution in [1.29, 1.82) is 0 Å². The molecular formula is C18H20FNO3. The van der Waals surface area contributed by atoms with Gasteiger partial charge in [0.25, 0.3) is 0 Å². The largest absolute Gasteiger partial charge is 0.497 e. The van der Waals surface area contributed by atoms with E-state index in [1.54, 1.807) is 26.2 Å². The third-order valence-electron chi connectivity index (χ3n) is 3.49. The molecule has 2 aromatic rings. The molecule has 1 unspecified atom stereocenters. The number of carbonyl (C=O) groups excluding carboxylic acids is 1. The van der Waals surface area contributed by atoms with Crippen LogP contribution in [0.1, 0.15) is 24.9 Å². The molecule has 0 aliphatic rings. The van der Waals surface area contributed by atoms with E-state index in [4.69, 9.17) is 15.2 Å². The first-order valence-corrected chi connectivity index (χ1v) is 7.40. The zero-order valence-corrected chi connectivity index (χ0v) is 13.2. The lowest BCUT2D eigenvalue weighted by molar-refractivity contribution is -0.143. The zero-order valence-electron chi connectivity index (χ0n) is 13.2. The first-order chi connectivity index (χ1) is 11.0. The Morgan fingerprint density at radius 1 is 1.22 bits per heavy atom. The lowest BCUT2D eigenvalue weighted by Gasteiger charge is -2.14. The first-order valence-electron chi connectivity index (χ1n) is 7.40. The van der Waals surface area contributed by atoms with Crippen LogP contribution in [0.3, 0.4) is 0 Å². The molecule has 4 nitrogen and oxygen atoms in total. The maximum Gasteiger partial charge on any atom is 0.307 e. The smallest absolute Gasteiger partial charge is 0.307 e. The average Bonchev–Trinajstić information content (AvgIpc) is 2.55. The molecule has 0 saturated heterocycles. The second-order valence-corrected chi connectivity index (χ2v) is 5.08. The van der Waals surface area contributed by atoms with Gasteiger partial charge in [0.1, 0.15) is 11.6 Å². The second kappa shape index (κ2) is 7.74. The third kappa shape index (κ3) is 4.29. The van der Waals surface area contributed by atoms with Crippen molar-refractivity contribution in [3.63, 3.8) is 0 Å². The van der Waals surface area contributed by atoms with E-state index in [2.05, 4.69) is 0 Å². The minimum absolute atomic E-state index is 0.0632. The van der Waals surface area contributed by atoms with Crippen molar-refractivity contribution in [3.8, 4) is 16.9 Å². The minimum atomic E-state index is -0.750. The number of halogens is 1. The topological polar surface area (TPSA) is 61.5 Å². The van der Waals surface area contributed by atoms with Crippen molar-refractivity contribution in [3.05, 3.63) is 53.8 Å². The van der Waals surface area contributed by atoms with Crippen LogP contribution < -0.4 is 10.5 Å². The van der Waals surface area contributed by atoms with Crippen LogP contribution in [0.2, 0.25) is 0 Å². The number of rotatable bonds is 6. The predicted octanol–water partition coefficient (Wildman–Crippen LogP) is 3.45. The van der Waals surface area contributed by atoms with Gasteiger partial charge in [-0.2, -0.15) is 0 Å². The van der Waals surface area contributed by atoms with E-state index >= 15 is 0 Å². The van der Waals surface area contributed by atoms with Crippen molar-refractivity contribution in [2.24, 2.45) is 5.73 Å². The highest BCUT2D eigenvalue weighted by atomic mass is 19.1. The van der Waals surface area contributed by atoms with Crippen molar-refractivity contribution >= 4 is 5.97 Å². The van der Waals surface area contributed by atoms with Gasteiger partial charge in [-0.15, -0.1) is 0 Å². The number of hydrogen-bond acceptors (Lipinski definition) is 4. The Morgan fingerprint density at radius 3 is 2.65 bits per heavy atom. The molecule has 2 N–H and O–H groups in total. The molecule has 2 rings (SSSR count). The third-order valence-corrected chi connectivity index (χ3v) is 3.49. The Bertz CT molecular complexity index is 688. The fourth-order valence-corrected chi connectivity index (χ4v) is 2.32. The van der Waals surface area contributed by atoms with Crippen LogP contribution >= 0.6 is 0 Å². The summed E-state index contributed by atoms with van der Waals surface area (Å²) < 4.78 is 24.1. The number of ether oxygens (including phenoxy) is 2. The summed E-state index contributed by atoms with van der Waals surface area (Å²) >= 11 is 0. The van der Waals surface area contributed by atoms with Gasteiger partial charge in [-0.3, -0.25) is 4.79 Å². The quantitative estimate of drug-likeness (QED) is 0.829. The first kappa shape index (κ1) is 17.0. The monoisotopic (exact) mass is 317 g/mol. The summed E-state index contributed by atoms with van der Waals surface area (Å²) in [6.45, 7) is 1.99. The second-order valence-electron chi connectivity index (χ2n) is 5.08. The maximum atomic E-state index is 14.1. The van der Waals surface area contributed by atoms with Gasteiger partial charge in [0.2, 0.25) is 0 Å². The fraction of sp³-hybridized carbons (Fsp3) is 0.278. The Balaban J connectivity index is 2.29. The Hall–Kier alpha value is -2.40. The maximum absolute atomic E-state index is 14.1. The summed E-state index contributed by atoms with van der Waals surface area (Å²) in [4.78, 5) is 11.5. The van der Waals surface area contributed by atoms with Gasteiger partial charge >= 0.3 is 5.97 Å². The molecule has 1 atom stereocenters. The van der Waals surface area contributed by atoms with Crippen LogP contribution in [0.5, 0.6) is 5.75 Å². The van der Waals surface area contributed by atoms with Crippen LogP contribution in [-0.2, 0) is 9.53 Å². The molecule has 0 radical (unpaired) electrons. The molecule has 0 aromatic heterocycles. The molecule has 122 valence electrons. The van der Waals surface area contributed by atoms with E-state index in [1.165, 1.54) is 6.07 Å². The van der Waals surface area contributed by atoms with Crippen LogP contribution in [-0.4, -0.2) is 19.7 Å². The zero-order chi connectivity index (χ0) is 16.8. The van der Waals surface area contributed by atoms with E-state index in [-0.39, 0.29) is 13.0 Å². The number of carbonyl (C=O) groups is 1. The van der Waals surface area contributed by atoms with Crippen molar-refractivity contribution in [2.45, 2.75) is 19.4 Å². The molecule has 0 amide bonds. The fourth-order valence-electron chi connectivity index (χ4n) is 2.32. The molecule has 0 fully saturated rings. The van der Waals surface area contributed by atoms with Crippen molar-refractivity contribution in [2.75, 3.05) is 13.7 Å². The summed E-state index contributed by atoms with van der Waals surface area (Å²) in [7, 11) is 1.59. The SMILES string of the molecule is CCOC(=O)CC(N)c1cc(-c2cccc(OC)c2)ccc1F. The lowest BCUT2D eigenvalue weighted by Crippen LogP contribution is -2.18. The molecule has 5 heteroatoms. The highest BCUT2D eigenvalue weighted by molar-refractivity contribution is 5.71. The van der Waals surface area contributed by atoms with Crippen molar-refractivity contribution in [1.82, 2.24) is 0 Å². The van der Waals surface area contributed by atoms with Crippen LogP contribution in [0.15, 0.2) is 42.5 Å². The molecule has 0 aliphatic carbocycles. The van der Waals surface area contributed by atoms with Gasteiger partial charge in [0.15, 0.2) is 0 Å². The van der Waals surface area contributed by atoms with E-state index in [0.717, 1.165) is 11.1 Å². The molecule has 0 saturated carbocycles. The number of nitrogens with two attached hydrogens (primary N) is 1. The van der Waals surface area contributed by atoms with Gasteiger partial charge in [0.05, 0.1) is 20.1 Å². The molecule has 0 bridgehead atoms. The molecule has 0 heterocycles. The van der Waals surface area contributed by atoms with Crippen molar-refractivity contribution < 1.29 is 18.7 Å². The predicted molar refractivity (Wildman–Crippen MR) is 86.6 cm³/mol. The minimum Gasteiger partial charge on any atom is -0.497 e. The average molecular weight is 317 g/mol.